The topological polar surface area (TPSA) is 102 Å². The van der Waals surface area contributed by atoms with Gasteiger partial charge >= 0.3 is 0 Å². The molecule has 0 fully saturated rings. The summed E-state index contributed by atoms with van der Waals surface area (Å²) in [6, 6.07) is 0. The predicted molar refractivity (Wildman–Crippen MR) is 71.3 cm³/mol. The molecule has 0 unspecified atom stereocenters. The maximum atomic E-state index is 8.89. The first-order chi connectivity index (χ1) is 9.02. The van der Waals surface area contributed by atoms with Gasteiger partial charge in [0.15, 0.2) is 5.84 Å². The highest BCUT2D eigenvalue weighted by molar-refractivity contribution is 7.99. The van der Waals surface area contributed by atoms with Crippen LogP contribution in [0.2, 0.25) is 0 Å². The van der Waals surface area contributed by atoms with Gasteiger partial charge in [0.05, 0.1) is 22.3 Å². The van der Waals surface area contributed by atoms with Crippen LogP contribution < -0.4 is 5.73 Å². The highest BCUT2D eigenvalue weighted by atomic mass is 32.2. The van der Waals surface area contributed by atoms with Gasteiger partial charge in [0.25, 0.3) is 0 Å². The minimum absolute atomic E-state index is 0.0295. The summed E-state index contributed by atoms with van der Waals surface area (Å²) >= 11 is 1.37. The second-order valence-electron chi connectivity index (χ2n) is 4.03. The van der Waals surface area contributed by atoms with E-state index >= 15 is 0 Å². The van der Waals surface area contributed by atoms with Gasteiger partial charge < -0.3 is 10.9 Å². The van der Waals surface area contributed by atoms with Gasteiger partial charge in [-0.3, -0.25) is 4.68 Å². The van der Waals surface area contributed by atoms with E-state index in [1.165, 1.54) is 11.8 Å². The van der Waals surface area contributed by atoms with Crippen LogP contribution in [-0.4, -0.2) is 31.0 Å². The fourth-order valence-electron chi connectivity index (χ4n) is 1.57. The summed E-state index contributed by atoms with van der Waals surface area (Å²) < 4.78 is 1.69. The minimum Gasteiger partial charge on any atom is -0.409 e. The maximum absolute atomic E-state index is 8.89. The highest BCUT2D eigenvalue weighted by Gasteiger charge is 2.16. The first-order valence-electron chi connectivity index (χ1n) is 5.51. The van der Waals surface area contributed by atoms with Gasteiger partial charge in [0.2, 0.25) is 0 Å². The zero-order valence-corrected chi connectivity index (χ0v) is 11.6. The number of aromatic nitrogens is 4. The van der Waals surface area contributed by atoms with Crippen molar-refractivity contribution in [3.63, 3.8) is 0 Å². The Morgan fingerprint density at radius 2 is 2.16 bits per heavy atom. The lowest BCUT2D eigenvalue weighted by Gasteiger charge is -2.10. The fraction of sp³-hybridized carbons (Fsp3) is 0.273. The van der Waals surface area contributed by atoms with E-state index in [-0.39, 0.29) is 5.84 Å². The third kappa shape index (κ3) is 2.68. The van der Waals surface area contributed by atoms with E-state index in [0.29, 0.717) is 10.6 Å². The Kier molecular flexibility index (Phi) is 3.70. The number of hydrogen-bond donors (Lipinski definition) is 2. The molecule has 0 aromatic carbocycles. The molecular formula is C11H14N6OS. The molecule has 0 radical (unpaired) electrons. The van der Waals surface area contributed by atoms with Crippen molar-refractivity contribution in [2.45, 2.75) is 23.8 Å². The Bertz CT molecular complexity index is 636. The van der Waals surface area contributed by atoms with Crippen LogP contribution in [-0.2, 0) is 7.05 Å². The summed E-state index contributed by atoms with van der Waals surface area (Å²) in [6.07, 6.45) is 3.58. The smallest absolute Gasteiger partial charge is 0.173 e. The number of hydrogen-bond acceptors (Lipinski definition) is 6. The maximum Gasteiger partial charge on any atom is 0.173 e. The standard InChI is InChI=1S/C11H14N6OS/c1-6-7(2)14-15-11(9(6)10(12)16-18)19-8-4-13-17(3)5-8/h4-5,18H,1-3H3,(H2,12,16). The van der Waals surface area contributed by atoms with E-state index in [4.69, 9.17) is 10.9 Å². The van der Waals surface area contributed by atoms with Gasteiger partial charge in [-0.2, -0.15) is 10.2 Å². The van der Waals surface area contributed by atoms with Crippen LogP contribution in [0, 0.1) is 13.8 Å². The van der Waals surface area contributed by atoms with Gasteiger partial charge in [-0.15, -0.1) is 5.10 Å². The average Bonchev–Trinajstić information content (AvgIpc) is 2.79. The molecule has 2 aromatic rings. The number of oxime groups is 1. The molecule has 2 rings (SSSR count). The van der Waals surface area contributed by atoms with E-state index < -0.39 is 0 Å². The second kappa shape index (κ2) is 5.27. The minimum atomic E-state index is 0.0295. The van der Waals surface area contributed by atoms with Crippen LogP contribution in [0.15, 0.2) is 27.5 Å². The average molecular weight is 278 g/mol. The molecule has 0 amide bonds. The predicted octanol–water partition coefficient (Wildman–Crippen LogP) is 1.07. The third-order valence-electron chi connectivity index (χ3n) is 2.68. The normalized spacial score (nSPS) is 11.8. The van der Waals surface area contributed by atoms with Crippen LogP contribution in [0.25, 0.3) is 0 Å². The zero-order valence-electron chi connectivity index (χ0n) is 10.8. The van der Waals surface area contributed by atoms with Gasteiger partial charge in [0, 0.05) is 13.2 Å². The van der Waals surface area contributed by atoms with Gasteiger partial charge in [0.1, 0.15) is 5.03 Å². The SMILES string of the molecule is Cc1nnc(Sc2cnn(C)c2)c(/C(N)=N/O)c1C. The van der Waals surface area contributed by atoms with Crippen molar-refractivity contribution in [2.75, 3.05) is 0 Å². The van der Waals surface area contributed by atoms with Crippen molar-refractivity contribution in [3.05, 3.63) is 29.2 Å². The summed E-state index contributed by atoms with van der Waals surface area (Å²) in [4.78, 5) is 0.909. The van der Waals surface area contributed by atoms with E-state index in [9.17, 15) is 0 Å². The van der Waals surface area contributed by atoms with E-state index in [1.807, 2.05) is 27.1 Å². The van der Waals surface area contributed by atoms with Crippen LogP contribution in [0.5, 0.6) is 0 Å². The molecular weight excluding hydrogens is 264 g/mol. The van der Waals surface area contributed by atoms with Crippen molar-refractivity contribution in [2.24, 2.45) is 17.9 Å². The summed E-state index contributed by atoms with van der Waals surface area (Å²) in [6.45, 7) is 3.69. The molecule has 3 N–H and O–H groups in total. The summed E-state index contributed by atoms with van der Waals surface area (Å²) in [7, 11) is 1.83. The van der Waals surface area contributed by atoms with Gasteiger partial charge in [-0.05, 0) is 19.4 Å². The zero-order chi connectivity index (χ0) is 14.0. The summed E-state index contributed by atoms with van der Waals surface area (Å²) in [5, 5.41) is 24.8. The van der Waals surface area contributed by atoms with E-state index in [2.05, 4.69) is 20.5 Å². The van der Waals surface area contributed by atoms with Gasteiger partial charge in [-0.1, -0.05) is 16.9 Å². The van der Waals surface area contributed by atoms with Crippen LogP contribution in [0.1, 0.15) is 16.8 Å². The molecule has 8 heteroatoms. The molecule has 0 aliphatic heterocycles. The van der Waals surface area contributed by atoms with Crippen molar-refractivity contribution < 1.29 is 5.21 Å². The molecule has 2 aromatic heterocycles. The lowest BCUT2D eigenvalue weighted by atomic mass is 10.1. The van der Waals surface area contributed by atoms with E-state index in [0.717, 1.165) is 16.2 Å². The molecule has 0 saturated heterocycles. The Balaban J connectivity index is 2.48. The fourth-order valence-corrected chi connectivity index (χ4v) is 2.54. The number of nitrogens with zero attached hydrogens (tertiary/aromatic N) is 5. The second-order valence-corrected chi connectivity index (χ2v) is 5.09. The molecule has 2 heterocycles. The molecule has 0 atom stereocenters. The monoisotopic (exact) mass is 278 g/mol. The van der Waals surface area contributed by atoms with E-state index in [1.54, 1.807) is 10.9 Å². The largest absolute Gasteiger partial charge is 0.409 e. The number of aryl methyl sites for hydroxylation is 2. The van der Waals surface area contributed by atoms with Crippen molar-refractivity contribution in [1.29, 1.82) is 0 Å². The molecule has 7 nitrogen and oxygen atoms in total. The molecule has 100 valence electrons. The number of amidine groups is 1. The third-order valence-corrected chi connectivity index (χ3v) is 3.61. The lowest BCUT2D eigenvalue weighted by Crippen LogP contribution is -2.18. The van der Waals surface area contributed by atoms with Crippen molar-refractivity contribution >= 4 is 17.6 Å². The summed E-state index contributed by atoms with van der Waals surface area (Å²) in [5.41, 5.74) is 7.91. The molecule has 19 heavy (non-hydrogen) atoms. The molecule has 0 aliphatic rings. The lowest BCUT2D eigenvalue weighted by molar-refractivity contribution is 0.318. The Morgan fingerprint density at radius 1 is 1.42 bits per heavy atom. The quantitative estimate of drug-likeness (QED) is 0.377. The Labute approximate surface area is 114 Å². The van der Waals surface area contributed by atoms with Crippen LogP contribution in [0.4, 0.5) is 0 Å². The first-order valence-corrected chi connectivity index (χ1v) is 6.33. The van der Waals surface area contributed by atoms with Crippen molar-refractivity contribution in [3.8, 4) is 0 Å². The van der Waals surface area contributed by atoms with Crippen LogP contribution in [0.3, 0.4) is 0 Å². The molecule has 0 aliphatic carbocycles. The van der Waals surface area contributed by atoms with Crippen LogP contribution >= 0.6 is 11.8 Å². The van der Waals surface area contributed by atoms with Crippen molar-refractivity contribution in [1.82, 2.24) is 20.0 Å². The highest BCUT2D eigenvalue weighted by Crippen LogP contribution is 2.29. The van der Waals surface area contributed by atoms with Gasteiger partial charge in [-0.25, -0.2) is 0 Å². The Hall–Kier alpha value is -2.09. The number of rotatable bonds is 3. The Morgan fingerprint density at radius 3 is 2.74 bits per heavy atom. The summed E-state index contributed by atoms with van der Waals surface area (Å²) in [5.74, 6) is 0.0295. The molecule has 0 spiro atoms. The number of nitrogens with two attached hydrogens (primary N) is 1. The first kappa shape index (κ1) is 13.3. The molecule has 0 saturated carbocycles. The molecule has 0 bridgehead atoms.